The number of methoxy groups -OCH3 is 1. The van der Waals surface area contributed by atoms with E-state index >= 15 is 0 Å². The molecule has 0 aliphatic carbocycles. The van der Waals surface area contributed by atoms with Crippen LogP contribution in [-0.4, -0.2) is 44.2 Å². The first-order valence-electron chi connectivity index (χ1n) is 11.0. The molecular formula is C24H37FN2O2. The van der Waals surface area contributed by atoms with Crippen LogP contribution in [0.1, 0.15) is 74.3 Å². The van der Waals surface area contributed by atoms with Gasteiger partial charge >= 0.3 is 0 Å². The summed E-state index contributed by atoms with van der Waals surface area (Å²) in [6, 6.07) is 5.09. The van der Waals surface area contributed by atoms with Crippen molar-refractivity contribution in [2.45, 2.75) is 63.2 Å². The molecule has 0 aromatic heterocycles. The van der Waals surface area contributed by atoms with Crippen molar-refractivity contribution in [3.8, 4) is 0 Å². The van der Waals surface area contributed by atoms with E-state index in [0.29, 0.717) is 13.0 Å². The molecule has 1 aliphatic rings. The summed E-state index contributed by atoms with van der Waals surface area (Å²) in [5.74, 6) is -0.707. The van der Waals surface area contributed by atoms with Crippen LogP contribution in [0.15, 0.2) is 30.9 Å². The number of likely N-dealkylation sites (tertiary alicyclic amines) is 1. The number of carbonyl (C=O) groups is 1. The molecule has 1 amide bonds. The topological polar surface area (TPSA) is 55.6 Å². The van der Waals surface area contributed by atoms with Crippen molar-refractivity contribution >= 4 is 5.91 Å². The number of nitrogens with two attached hydrogens (primary N) is 1. The number of amides is 1. The van der Waals surface area contributed by atoms with Crippen LogP contribution < -0.4 is 5.73 Å². The molecule has 0 radical (unpaired) electrons. The Hall–Kier alpha value is -1.72. The van der Waals surface area contributed by atoms with Gasteiger partial charge < -0.3 is 15.4 Å². The van der Waals surface area contributed by atoms with E-state index in [4.69, 9.17) is 10.5 Å². The van der Waals surface area contributed by atoms with Crippen molar-refractivity contribution in [3.05, 3.63) is 47.8 Å². The molecule has 1 atom stereocenters. The molecule has 29 heavy (non-hydrogen) atoms. The fraction of sp³-hybridized carbons (Fsp3) is 0.625. The van der Waals surface area contributed by atoms with E-state index in [0.717, 1.165) is 56.4 Å². The number of piperidine rings is 1. The second-order valence-corrected chi connectivity index (χ2v) is 8.12. The molecule has 1 aliphatic heterocycles. The molecule has 0 spiro atoms. The first-order valence-corrected chi connectivity index (χ1v) is 11.0. The Morgan fingerprint density at radius 3 is 2.72 bits per heavy atom. The van der Waals surface area contributed by atoms with Gasteiger partial charge in [-0.25, -0.2) is 4.39 Å². The first-order chi connectivity index (χ1) is 14.1. The molecule has 1 fully saturated rings. The lowest BCUT2D eigenvalue weighted by atomic mass is 9.85. The third kappa shape index (κ3) is 7.56. The normalized spacial score (nSPS) is 16.6. The highest BCUT2D eigenvalue weighted by atomic mass is 19.1. The molecule has 2 rings (SSSR count). The Morgan fingerprint density at radius 1 is 1.31 bits per heavy atom. The molecule has 1 unspecified atom stereocenters. The maximum Gasteiger partial charge on any atom is 0.224 e. The van der Waals surface area contributed by atoms with Crippen LogP contribution in [0.4, 0.5) is 4.39 Å². The molecule has 1 aromatic carbocycles. The van der Waals surface area contributed by atoms with Gasteiger partial charge in [0, 0.05) is 13.7 Å². The Balaban J connectivity index is 1.94. The van der Waals surface area contributed by atoms with Gasteiger partial charge in [-0.15, -0.1) is 6.58 Å². The summed E-state index contributed by atoms with van der Waals surface area (Å²) in [6.45, 7) is 7.48. The Morgan fingerprint density at radius 2 is 2.07 bits per heavy atom. The number of benzene rings is 1. The maximum absolute atomic E-state index is 14.6. The predicted octanol–water partition coefficient (Wildman–Crippen LogP) is 4.75. The number of halogens is 1. The van der Waals surface area contributed by atoms with Gasteiger partial charge in [0.1, 0.15) is 5.82 Å². The minimum Gasteiger partial charge on any atom is -0.385 e. The van der Waals surface area contributed by atoms with Crippen molar-refractivity contribution in [2.24, 2.45) is 5.73 Å². The van der Waals surface area contributed by atoms with Gasteiger partial charge in [0.15, 0.2) is 0 Å². The quantitative estimate of drug-likeness (QED) is 0.381. The summed E-state index contributed by atoms with van der Waals surface area (Å²) in [5.41, 5.74) is 7.20. The summed E-state index contributed by atoms with van der Waals surface area (Å²) in [5, 5.41) is 0. The molecule has 0 saturated carbocycles. The van der Waals surface area contributed by atoms with Crippen LogP contribution in [0.25, 0.3) is 0 Å². The van der Waals surface area contributed by atoms with Crippen molar-refractivity contribution in [3.63, 3.8) is 0 Å². The molecule has 1 aromatic rings. The van der Waals surface area contributed by atoms with E-state index in [9.17, 15) is 9.18 Å². The maximum atomic E-state index is 14.6. The number of rotatable bonds is 13. The monoisotopic (exact) mass is 404 g/mol. The lowest BCUT2D eigenvalue weighted by molar-refractivity contribution is -0.119. The van der Waals surface area contributed by atoms with Crippen LogP contribution in [0.5, 0.6) is 0 Å². The van der Waals surface area contributed by atoms with Gasteiger partial charge in [-0.3, -0.25) is 4.79 Å². The highest BCUT2D eigenvalue weighted by molar-refractivity contribution is 5.81. The highest BCUT2D eigenvalue weighted by Gasteiger charge is 2.25. The van der Waals surface area contributed by atoms with E-state index < -0.39 is 0 Å². The first kappa shape index (κ1) is 23.6. The van der Waals surface area contributed by atoms with Gasteiger partial charge in [-0.2, -0.15) is 0 Å². The minimum absolute atomic E-state index is 0.170. The highest BCUT2D eigenvalue weighted by Crippen LogP contribution is 2.33. The number of hydrogen-bond donors (Lipinski definition) is 1. The second-order valence-electron chi connectivity index (χ2n) is 8.12. The Bertz CT molecular complexity index is 642. The van der Waals surface area contributed by atoms with Crippen LogP contribution in [0.2, 0.25) is 0 Å². The zero-order chi connectivity index (χ0) is 21.1. The van der Waals surface area contributed by atoms with E-state index in [1.165, 1.54) is 25.3 Å². The van der Waals surface area contributed by atoms with Crippen LogP contribution in [0.3, 0.4) is 0 Å². The second kappa shape index (κ2) is 12.8. The SMILES string of the molecule is C=CCCCCCN1CCC(c2cc(C(CCCOC)C(N)=O)ccc2F)CC1. The van der Waals surface area contributed by atoms with Crippen LogP contribution >= 0.6 is 0 Å². The van der Waals surface area contributed by atoms with Crippen molar-refractivity contribution in [2.75, 3.05) is 33.4 Å². The Kier molecular flexibility index (Phi) is 10.4. The Labute approximate surface area is 175 Å². The molecular weight excluding hydrogens is 367 g/mol. The summed E-state index contributed by atoms with van der Waals surface area (Å²) >= 11 is 0. The standard InChI is InChI=1S/C24H37FN2O2/c1-3-4-5-6-7-14-27-15-12-19(13-16-27)22-18-20(10-11-23(22)25)21(24(26)28)9-8-17-29-2/h3,10-11,18-19,21H,1,4-9,12-17H2,2H3,(H2,26,28). The van der Waals surface area contributed by atoms with Crippen molar-refractivity contribution in [1.82, 2.24) is 4.90 Å². The number of allylic oxidation sites excluding steroid dienone is 1. The summed E-state index contributed by atoms with van der Waals surface area (Å²) in [6.07, 6.45) is 10.0. The van der Waals surface area contributed by atoms with Gasteiger partial charge in [-0.1, -0.05) is 24.6 Å². The fourth-order valence-electron chi connectivity index (χ4n) is 4.27. The fourth-order valence-corrected chi connectivity index (χ4v) is 4.27. The number of carbonyl (C=O) groups excluding carboxylic acids is 1. The van der Waals surface area contributed by atoms with E-state index in [1.54, 1.807) is 13.2 Å². The lowest BCUT2D eigenvalue weighted by Crippen LogP contribution is -2.34. The summed E-state index contributed by atoms with van der Waals surface area (Å²) in [4.78, 5) is 14.4. The zero-order valence-corrected chi connectivity index (χ0v) is 17.9. The third-order valence-corrected chi connectivity index (χ3v) is 6.02. The number of unbranched alkanes of at least 4 members (excludes halogenated alkanes) is 3. The average Bonchev–Trinajstić information content (AvgIpc) is 2.72. The third-order valence-electron chi connectivity index (χ3n) is 6.02. The van der Waals surface area contributed by atoms with Gasteiger partial charge in [0.25, 0.3) is 0 Å². The predicted molar refractivity (Wildman–Crippen MR) is 117 cm³/mol. The van der Waals surface area contributed by atoms with Gasteiger partial charge in [0.2, 0.25) is 5.91 Å². The van der Waals surface area contributed by atoms with Crippen molar-refractivity contribution in [1.29, 1.82) is 0 Å². The van der Waals surface area contributed by atoms with Gasteiger partial charge in [0.05, 0.1) is 5.92 Å². The minimum atomic E-state index is -0.389. The largest absolute Gasteiger partial charge is 0.385 e. The molecule has 162 valence electrons. The summed E-state index contributed by atoms with van der Waals surface area (Å²) in [7, 11) is 1.64. The van der Waals surface area contributed by atoms with Crippen LogP contribution in [0, 0.1) is 5.82 Å². The number of primary amides is 1. The van der Waals surface area contributed by atoms with Gasteiger partial charge in [-0.05, 0) is 87.7 Å². The smallest absolute Gasteiger partial charge is 0.224 e. The molecule has 4 nitrogen and oxygen atoms in total. The molecule has 1 heterocycles. The number of ether oxygens (including phenoxy) is 1. The molecule has 0 bridgehead atoms. The lowest BCUT2D eigenvalue weighted by Gasteiger charge is -2.32. The van der Waals surface area contributed by atoms with E-state index in [1.807, 2.05) is 12.1 Å². The molecule has 1 saturated heterocycles. The molecule has 5 heteroatoms. The zero-order valence-electron chi connectivity index (χ0n) is 17.9. The number of hydrogen-bond acceptors (Lipinski definition) is 3. The van der Waals surface area contributed by atoms with E-state index in [-0.39, 0.29) is 23.6 Å². The van der Waals surface area contributed by atoms with Crippen LogP contribution in [-0.2, 0) is 9.53 Å². The average molecular weight is 405 g/mol. The van der Waals surface area contributed by atoms with E-state index in [2.05, 4.69) is 11.5 Å². The molecule has 2 N–H and O–H groups in total. The number of nitrogens with zero attached hydrogens (tertiary/aromatic N) is 1. The van der Waals surface area contributed by atoms with Crippen molar-refractivity contribution < 1.29 is 13.9 Å². The summed E-state index contributed by atoms with van der Waals surface area (Å²) < 4.78 is 19.7.